The first-order valence-electron chi connectivity index (χ1n) is 8.28. The quantitative estimate of drug-likeness (QED) is 0.809. The van der Waals surface area contributed by atoms with Crippen LogP contribution in [0.4, 0.5) is 0 Å². The van der Waals surface area contributed by atoms with Gasteiger partial charge in [-0.1, -0.05) is 25.7 Å². The first-order valence-corrected chi connectivity index (χ1v) is 8.28. The second-order valence-electron chi connectivity index (χ2n) is 7.00. The van der Waals surface area contributed by atoms with Crippen molar-refractivity contribution in [2.45, 2.75) is 63.8 Å². The average Bonchev–Trinajstić information content (AvgIpc) is 2.46. The minimum atomic E-state index is 0. The summed E-state index contributed by atoms with van der Waals surface area (Å²) < 4.78 is 0. The summed E-state index contributed by atoms with van der Waals surface area (Å²) >= 11 is 0. The number of piperidine rings is 1. The number of amides is 1. The lowest BCUT2D eigenvalue weighted by Crippen LogP contribution is -2.48. The fourth-order valence-corrected chi connectivity index (χ4v) is 4.57. The normalized spacial score (nSPS) is 37.8. The molecule has 2 N–H and O–H groups in total. The SMILES string of the molecule is Cl.NC1CCCN(C(=O)C2CCC3CCCCC3C2)C1. The highest BCUT2D eigenvalue weighted by atomic mass is 35.5. The molecule has 4 unspecified atom stereocenters. The van der Waals surface area contributed by atoms with Crippen LogP contribution in [0.3, 0.4) is 0 Å². The highest BCUT2D eigenvalue weighted by Gasteiger charge is 2.37. The lowest BCUT2D eigenvalue weighted by molar-refractivity contribution is -0.139. The molecular formula is C16H29ClN2O. The van der Waals surface area contributed by atoms with Crippen molar-refractivity contribution >= 4 is 18.3 Å². The summed E-state index contributed by atoms with van der Waals surface area (Å²) in [7, 11) is 0. The fourth-order valence-electron chi connectivity index (χ4n) is 4.57. The summed E-state index contributed by atoms with van der Waals surface area (Å²) in [6.45, 7) is 1.74. The Morgan fingerprint density at radius 2 is 1.70 bits per heavy atom. The number of nitrogens with zero attached hydrogens (tertiary/aromatic N) is 1. The van der Waals surface area contributed by atoms with Gasteiger partial charge in [-0.05, 0) is 43.9 Å². The molecule has 4 atom stereocenters. The van der Waals surface area contributed by atoms with Gasteiger partial charge < -0.3 is 10.6 Å². The number of hydrogen-bond acceptors (Lipinski definition) is 2. The summed E-state index contributed by atoms with van der Waals surface area (Å²) in [4.78, 5) is 14.7. The van der Waals surface area contributed by atoms with Gasteiger partial charge in [0.15, 0.2) is 0 Å². The number of fused-ring (bicyclic) bond motifs is 1. The molecule has 1 aliphatic heterocycles. The number of nitrogens with two attached hydrogens (primary N) is 1. The molecule has 0 aromatic carbocycles. The smallest absolute Gasteiger partial charge is 0.225 e. The zero-order valence-corrected chi connectivity index (χ0v) is 13.2. The summed E-state index contributed by atoms with van der Waals surface area (Å²) in [6.07, 6.45) is 11.3. The number of carbonyl (C=O) groups is 1. The van der Waals surface area contributed by atoms with E-state index in [9.17, 15) is 4.79 Å². The third kappa shape index (κ3) is 3.48. The monoisotopic (exact) mass is 300 g/mol. The van der Waals surface area contributed by atoms with Crippen LogP contribution in [0.15, 0.2) is 0 Å². The third-order valence-electron chi connectivity index (χ3n) is 5.66. The molecular weight excluding hydrogens is 272 g/mol. The standard InChI is InChI=1S/C16H28N2O.ClH/c17-15-6-3-9-18(11-15)16(19)14-8-7-12-4-1-2-5-13(12)10-14;/h12-15H,1-11,17H2;1H. The van der Waals surface area contributed by atoms with Crippen LogP contribution in [-0.4, -0.2) is 29.9 Å². The molecule has 0 bridgehead atoms. The van der Waals surface area contributed by atoms with Crippen molar-refractivity contribution in [3.8, 4) is 0 Å². The Morgan fingerprint density at radius 1 is 0.950 bits per heavy atom. The van der Waals surface area contributed by atoms with Gasteiger partial charge in [0.2, 0.25) is 5.91 Å². The van der Waals surface area contributed by atoms with Gasteiger partial charge in [-0.3, -0.25) is 4.79 Å². The molecule has 1 saturated heterocycles. The van der Waals surface area contributed by atoms with Gasteiger partial charge in [-0.2, -0.15) is 0 Å². The molecule has 0 aromatic heterocycles. The number of rotatable bonds is 1. The average molecular weight is 301 g/mol. The van der Waals surface area contributed by atoms with Crippen molar-refractivity contribution in [3.63, 3.8) is 0 Å². The van der Waals surface area contributed by atoms with Crippen LogP contribution in [0.1, 0.15) is 57.8 Å². The first-order chi connectivity index (χ1) is 9.24. The predicted octanol–water partition coefficient (Wildman–Crippen LogP) is 2.96. The van der Waals surface area contributed by atoms with Gasteiger partial charge in [-0.25, -0.2) is 0 Å². The molecule has 3 aliphatic rings. The molecule has 3 fully saturated rings. The van der Waals surface area contributed by atoms with Crippen molar-refractivity contribution in [3.05, 3.63) is 0 Å². The summed E-state index contributed by atoms with van der Waals surface area (Å²) in [5.41, 5.74) is 6.00. The minimum Gasteiger partial charge on any atom is -0.341 e. The van der Waals surface area contributed by atoms with E-state index in [4.69, 9.17) is 5.73 Å². The molecule has 3 nitrogen and oxygen atoms in total. The van der Waals surface area contributed by atoms with Crippen LogP contribution in [0.25, 0.3) is 0 Å². The molecule has 116 valence electrons. The minimum absolute atomic E-state index is 0. The Balaban J connectivity index is 0.00000147. The zero-order chi connectivity index (χ0) is 13.2. The highest BCUT2D eigenvalue weighted by molar-refractivity contribution is 5.85. The van der Waals surface area contributed by atoms with Gasteiger partial charge in [0, 0.05) is 25.0 Å². The molecule has 20 heavy (non-hydrogen) atoms. The van der Waals surface area contributed by atoms with E-state index in [1.54, 1.807) is 0 Å². The first kappa shape index (κ1) is 16.1. The maximum absolute atomic E-state index is 12.6. The van der Waals surface area contributed by atoms with Crippen molar-refractivity contribution < 1.29 is 4.79 Å². The van der Waals surface area contributed by atoms with Gasteiger partial charge in [-0.15, -0.1) is 12.4 Å². The highest BCUT2D eigenvalue weighted by Crippen LogP contribution is 2.43. The van der Waals surface area contributed by atoms with Gasteiger partial charge in [0.05, 0.1) is 0 Å². The van der Waals surface area contributed by atoms with E-state index in [1.807, 2.05) is 0 Å². The van der Waals surface area contributed by atoms with Crippen LogP contribution in [0, 0.1) is 17.8 Å². The number of carbonyl (C=O) groups excluding carboxylic acids is 1. The Hall–Kier alpha value is -0.280. The second-order valence-corrected chi connectivity index (χ2v) is 7.00. The molecule has 1 heterocycles. The van der Waals surface area contributed by atoms with E-state index in [0.29, 0.717) is 11.8 Å². The fraction of sp³-hybridized carbons (Fsp3) is 0.938. The summed E-state index contributed by atoms with van der Waals surface area (Å²) in [6, 6.07) is 0.212. The molecule has 3 rings (SSSR count). The van der Waals surface area contributed by atoms with Crippen LogP contribution in [0.5, 0.6) is 0 Å². The Labute approximate surface area is 129 Å². The molecule has 0 spiro atoms. The number of halogens is 1. The Morgan fingerprint density at radius 3 is 2.45 bits per heavy atom. The topological polar surface area (TPSA) is 46.3 Å². The van der Waals surface area contributed by atoms with Crippen molar-refractivity contribution in [2.75, 3.05) is 13.1 Å². The summed E-state index contributed by atoms with van der Waals surface area (Å²) in [5, 5.41) is 0. The van der Waals surface area contributed by atoms with Crippen molar-refractivity contribution in [2.24, 2.45) is 23.5 Å². The summed E-state index contributed by atoms with van der Waals surface area (Å²) in [5.74, 6) is 2.50. The van der Waals surface area contributed by atoms with Crippen molar-refractivity contribution in [1.29, 1.82) is 0 Å². The van der Waals surface area contributed by atoms with Crippen LogP contribution in [0.2, 0.25) is 0 Å². The van der Waals surface area contributed by atoms with E-state index >= 15 is 0 Å². The lowest BCUT2D eigenvalue weighted by atomic mass is 9.67. The Kier molecular flexibility index (Phi) is 5.74. The van der Waals surface area contributed by atoms with E-state index in [0.717, 1.165) is 50.6 Å². The molecule has 4 heteroatoms. The third-order valence-corrected chi connectivity index (χ3v) is 5.66. The van der Waals surface area contributed by atoms with Gasteiger partial charge >= 0.3 is 0 Å². The van der Waals surface area contributed by atoms with Crippen LogP contribution in [-0.2, 0) is 4.79 Å². The maximum atomic E-state index is 12.6. The largest absolute Gasteiger partial charge is 0.341 e. The molecule has 1 amide bonds. The number of likely N-dealkylation sites (tertiary alicyclic amines) is 1. The van der Waals surface area contributed by atoms with Crippen molar-refractivity contribution in [1.82, 2.24) is 4.90 Å². The van der Waals surface area contributed by atoms with Gasteiger partial charge in [0.25, 0.3) is 0 Å². The molecule has 2 aliphatic carbocycles. The predicted molar refractivity (Wildman–Crippen MR) is 83.8 cm³/mol. The van der Waals surface area contributed by atoms with Gasteiger partial charge in [0.1, 0.15) is 0 Å². The molecule has 0 radical (unpaired) electrons. The maximum Gasteiger partial charge on any atom is 0.225 e. The molecule has 0 aromatic rings. The van der Waals surface area contributed by atoms with E-state index in [1.165, 1.54) is 32.1 Å². The lowest BCUT2D eigenvalue weighted by Gasteiger charge is -2.41. The van der Waals surface area contributed by atoms with E-state index < -0.39 is 0 Å². The van der Waals surface area contributed by atoms with Crippen LogP contribution >= 0.6 is 12.4 Å². The van der Waals surface area contributed by atoms with Crippen LogP contribution < -0.4 is 5.73 Å². The zero-order valence-electron chi connectivity index (χ0n) is 12.4. The second kappa shape index (κ2) is 7.13. The van der Waals surface area contributed by atoms with E-state index in [2.05, 4.69) is 4.90 Å². The molecule has 2 saturated carbocycles. The Bertz CT molecular complexity index is 336. The van der Waals surface area contributed by atoms with E-state index in [-0.39, 0.29) is 18.4 Å². The number of hydrogen-bond donors (Lipinski definition) is 1.